The predicted molar refractivity (Wildman–Crippen MR) is 110 cm³/mol. The van der Waals surface area contributed by atoms with E-state index in [2.05, 4.69) is 4.98 Å². The smallest absolute Gasteiger partial charge is 0.253 e. The molecule has 142 valence electrons. The lowest BCUT2D eigenvalue weighted by Crippen LogP contribution is -2.48. The highest BCUT2D eigenvalue weighted by Crippen LogP contribution is 2.28. The van der Waals surface area contributed by atoms with Gasteiger partial charge < -0.3 is 10.0 Å². The normalized spacial score (nSPS) is 15.1. The first-order valence-corrected chi connectivity index (χ1v) is 9.74. The van der Waals surface area contributed by atoms with E-state index in [-0.39, 0.29) is 5.91 Å². The highest BCUT2D eigenvalue weighted by molar-refractivity contribution is 5.95. The summed E-state index contributed by atoms with van der Waals surface area (Å²) in [6.07, 6.45) is 2.09. The van der Waals surface area contributed by atoms with Crippen LogP contribution in [-0.2, 0) is 0 Å². The number of carbonyl (C=O) groups is 1. The van der Waals surface area contributed by atoms with Gasteiger partial charge in [0.2, 0.25) is 0 Å². The van der Waals surface area contributed by atoms with E-state index in [1.165, 1.54) is 0 Å². The van der Waals surface area contributed by atoms with E-state index in [0.717, 1.165) is 35.5 Å². The molecule has 0 spiro atoms. The highest BCUT2D eigenvalue weighted by atomic mass is 16.3. The maximum Gasteiger partial charge on any atom is 0.253 e. The van der Waals surface area contributed by atoms with Crippen molar-refractivity contribution in [2.45, 2.75) is 25.4 Å². The molecule has 4 rings (SSSR count). The highest BCUT2D eigenvalue weighted by Gasteiger charge is 2.32. The number of hydrogen-bond acceptors (Lipinski definition) is 3. The summed E-state index contributed by atoms with van der Waals surface area (Å²) < 4.78 is 0. The second-order valence-corrected chi connectivity index (χ2v) is 7.29. The summed E-state index contributed by atoms with van der Waals surface area (Å²) in [6, 6.07) is 21.6. The predicted octanol–water partition coefficient (Wildman–Crippen LogP) is 4.43. The van der Waals surface area contributed by atoms with Gasteiger partial charge in [-0.3, -0.25) is 9.78 Å². The maximum absolute atomic E-state index is 12.7. The van der Waals surface area contributed by atoms with Crippen molar-refractivity contribution in [3.63, 3.8) is 0 Å². The van der Waals surface area contributed by atoms with Crippen LogP contribution < -0.4 is 0 Å². The lowest BCUT2D eigenvalue weighted by Gasteiger charge is -2.39. The summed E-state index contributed by atoms with van der Waals surface area (Å²) in [5.41, 5.74) is 4.83. The van der Waals surface area contributed by atoms with Crippen LogP contribution in [0.15, 0.2) is 72.9 Å². The second kappa shape index (κ2) is 7.95. The number of amides is 1. The molecule has 1 aromatic heterocycles. The molecule has 0 radical (unpaired) electrons. The summed E-state index contributed by atoms with van der Waals surface area (Å²) in [6.45, 7) is 3.41. The zero-order valence-corrected chi connectivity index (χ0v) is 16.0. The van der Waals surface area contributed by atoms with Crippen LogP contribution in [0.1, 0.15) is 47.0 Å². The van der Waals surface area contributed by atoms with Crippen LogP contribution in [0.3, 0.4) is 0 Å². The van der Waals surface area contributed by atoms with E-state index < -0.39 is 6.10 Å². The van der Waals surface area contributed by atoms with Gasteiger partial charge in [-0.15, -0.1) is 0 Å². The molecular formula is C24H24N2O2. The topological polar surface area (TPSA) is 53.4 Å². The third-order valence-corrected chi connectivity index (χ3v) is 5.42. The Balaban J connectivity index is 1.40. The first-order chi connectivity index (χ1) is 13.7. The number of aliphatic hydroxyl groups excluding tert-OH is 1. The Bertz CT molecular complexity index is 931. The van der Waals surface area contributed by atoms with Crippen LogP contribution >= 0.6 is 0 Å². The summed E-state index contributed by atoms with van der Waals surface area (Å²) in [5.74, 6) is 0.404. The van der Waals surface area contributed by atoms with Crippen molar-refractivity contribution >= 4 is 5.91 Å². The molecule has 4 nitrogen and oxygen atoms in total. The SMILES string of the molecule is CCC(O)c1ccc(-c2ccc(C(=O)N3CC(c4ccccn4)C3)cc2)cc1. The van der Waals surface area contributed by atoms with E-state index >= 15 is 0 Å². The molecule has 1 unspecified atom stereocenters. The fourth-order valence-corrected chi connectivity index (χ4v) is 3.57. The van der Waals surface area contributed by atoms with Crippen molar-refractivity contribution in [3.8, 4) is 11.1 Å². The molecule has 1 fully saturated rings. The Labute approximate surface area is 165 Å². The molecule has 28 heavy (non-hydrogen) atoms. The summed E-state index contributed by atoms with van der Waals surface area (Å²) in [5, 5.41) is 9.91. The minimum absolute atomic E-state index is 0.0696. The largest absolute Gasteiger partial charge is 0.388 e. The zero-order valence-electron chi connectivity index (χ0n) is 16.0. The summed E-state index contributed by atoms with van der Waals surface area (Å²) >= 11 is 0. The lowest BCUT2D eigenvalue weighted by molar-refractivity contribution is 0.0599. The number of pyridine rings is 1. The van der Waals surface area contributed by atoms with Gasteiger partial charge in [-0.05, 0) is 47.4 Å². The number of aliphatic hydroxyl groups is 1. The molecule has 1 N–H and O–H groups in total. The van der Waals surface area contributed by atoms with E-state index in [0.29, 0.717) is 17.9 Å². The monoisotopic (exact) mass is 372 g/mol. The van der Waals surface area contributed by atoms with Crippen molar-refractivity contribution in [2.24, 2.45) is 0 Å². The Morgan fingerprint density at radius 1 is 1.04 bits per heavy atom. The van der Waals surface area contributed by atoms with E-state index in [1.807, 2.05) is 78.6 Å². The number of nitrogens with zero attached hydrogens (tertiary/aromatic N) is 2. The number of aromatic nitrogens is 1. The molecule has 2 aromatic carbocycles. The molecular weight excluding hydrogens is 348 g/mol. The molecule has 1 atom stereocenters. The number of likely N-dealkylation sites (tertiary alicyclic amines) is 1. The van der Waals surface area contributed by atoms with Crippen LogP contribution in [0.4, 0.5) is 0 Å². The van der Waals surface area contributed by atoms with E-state index in [9.17, 15) is 9.90 Å². The molecule has 3 aromatic rings. The van der Waals surface area contributed by atoms with Gasteiger partial charge in [0.05, 0.1) is 6.10 Å². The Hall–Kier alpha value is -2.98. The fourth-order valence-electron chi connectivity index (χ4n) is 3.57. The Morgan fingerprint density at radius 3 is 2.25 bits per heavy atom. The average Bonchev–Trinajstić information content (AvgIpc) is 2.73. The number of benzene rings is 2. The zero-order chi connectivity index (χ0) is 19.5. The minimum atomic E-state index is -0.416. The molecule has 2 heterocycles. The van der Waals surface area contributed by atoms with Crippen molar-refractivity contribution in [1.82, 2.24) is 9.88 Å². The van der Waals surface area contributed by atoms with Gasteiger partial charge in [-0.2, -0.15) is 0 Å². The maximum atomic E-state index is 12.7. The van der Waals surface area contributed by atoms with Crippen LogP contribution in [0, 0.1) is 0 Å². The molecule has 0 aliphatic carbocycles. The fraction of sp³-hybridized carbons (Fsp3) is 0.250. The van der Waals surface area contributed by atoms with Gasteiger partial charge >= 0.3 is 0 Å². The van der Waals surface area contributed by atoms with Gasteiger partial charge in [-0.1, -0.05) is 49.4 Å². The standard InChI is InChI=1S/C24H24N2O2/c1-2-23(27)19-10-6-17(7-11-19)18-8-12-20(13-9-18)24(28)26-15-21(16-26)22-5-3-4-14-25-22/h3-14,21,23,27H,2,15-16H2,1H3. The molecule has 1 aliphatic heterocycles. The van der Waals surface area contributed by atoms with Crippen LogP contribution in [-0.4, -0.2) is 34.0 Å². The Kier molecular flexibility index (Phi) is 5.22. The van der Waals surface area contributed by atoms with Crippen LogP contribution in [0.5, 0.6) is 0 Å². The van der Waals surface area contributed by atoms with Crippen LogP contribution in [0.25, 0.3) is 11.1 Å². The average molecular weight is 372 g/mol. The molecule has 0 saturated carbocycles. The first-order valence-electron chi connectivity index (χ1n) is 9.74. The summed E-state index contributed by atoms with van der Waals surface area (Å²) in [4.78, 5) is 18.9. The van der Waals surface area contributed by atoms with E-state index in [1.54, 1.807) is 6.20 Å². The molecule has 4 heteroatoms. The van der Waals surface area contributed by atoms with Gasteiger partial charge in [-0.25, -0.2) is 0 Å². The van der Waals surface area contributed by atoms with Crippen molar-refractivity contribution < 1.29 is 9.90 Å². The third-order valence-electron chi connectivity index (χ3n) is 5.42. The number of rotatable bonds is 5. The van der Waals surface area contributed by atoms with Gasteiger partial charge in [0.15, 0.2) is 0 Å². The number of hydrogen-bond donors (Lipinski definition) is 1. The molecule has 1 amide bonds. The van der Waals surface area contributed by atoms with E-state index in [4.69, 9.17) is 0 Å². The lowest BCUT2D eigenvalue weighted by atomic mass is 9.94. The second-order valence-electron chi connectivity index (χ2n) is 7.29. The van der Waals surface area contributed by atoms with Crippen molar-refractivity contribution in [3.05, 3.63) is 89.7 Å². The van der Waals surface area contributed by atoms with Gasteiger partial charge in [0.25, 0.3) is 5.91 Å². The number of carbonyl (C=O) groups excluding carboxylic acids is 1. The first kappa shape index (κ1) is 18.4. The quantitative estimate of drug-likeness (QED) is 0.721. The minimum Gasteiger partial charge on any atom is -0.388 e. The van der Waals surface area contributed by atoms with Gasteiger partial charge in [0, 0.05) is 36.5 Å². The molecule has 1 aliphatic rings. The molecule has 1 saturated heterocycles. The summed E-state index contributed by atoms with van der Waals surface area (Å²) in [7, 11) is 0. The molecule has 0 bridgehead atoms. The van der Waals surface area contributed by atoms with Crippen LogP contribution in [0.2, 0.25) is 0 Å². The third kappa shape index (κ3) is 3.69. The van der Waals surface area contributed by atoms with Crippen molar-refractivity contribution in [1.29, 1.82) is 0 Å². The van der Waals surface area contributed by atoms with Crippen molar-refractivity contribution in [2.75, 3.05) is 13.1 Å². The Morgan fingerprint density at radius 2 is 1.68 bits per heavy atom. The van der Waals surface area contributed by atoms with Gasteiger partial charge in [0.1, 0.15) is 0 Å².